The Labute approximate surface area is 78.2 Å². The zero-order valence-corrected chi connectivity index (χ0v) is 7.73. The highest BCUT2D eigenvalue weighted by molar-refractivity contribution is 5.26. The van der Waals surface area contributed by atoms with Crippen LogP contribution < -0.4 is 0 Å². The molecule has 0 aromatic heterocycles. The summed E-state index contributed by atoms with van der Waals surface area (Å²) in [6.07, 6.45) is -0.331. The number of ether oxygens (including phenoxy) is 1. The van der Waals surface area contributed by atoms with Crippen LogP contribution in [0.25, 0.3) is 0 Å². The second kappa shape index (κ2) is 3.48. The predicted molar refractivity (Wildman–Crippen MR) is 50.7 cm³/mol. The topological polar surface area (TPSA) is 29.5 Å². The molecule has 0 bridgehead atoms. The van der Waals surface area contributed by atoms with Gasteiger partial charge in [-0.3, -0.25) is 0 Å². The summed E-state index contributed by atoms with van der Waals surface area (Å²) in [5.74, 6) is 0.167. The minimum Gasteiger partial charge on any atom is -0.390 e. The van der Waals surface area contributed by atoms with Crippen molar-refractivity contribution in [3.05, 3.63) is 35.4 Å². The van der Waals surface area contributed by atoms with Crippen LogP contribution in [0.5, 0.6) is 0 Å². The van der Waals surface area contributed by atoms with Gasteiger partial charge >= 0.3 is 0 Å². The molecule has 2 nitrogen and oxygen atoms in total. The first-order valence-corrected chi connectivity index (χ1v) is 4.60. The lowest BCUT2D eigenvalue weighted by Gasteiger charge is -2.12. The number of aliphatic hydroxyl groups is 1. The molecule has 13 heavy (non-hydrogen) atoms. The molecule has 1 fully saturated rings. The summed E-state index contributed by atoms with van der Waals surface area (Å²) in [4.78, 5) is 0. The van der Waals surface area contributed by atoms with Crippen molar-refractivity contribution in [2.45, 2.75) is 18.9 Å². The monoisotopic (exact) mass is 178 g/mol. The van der Waals surface area contributed by atoms with Gasteiger partial charge in [0.25, 0.3) is 0 Å². The van der Waals surface area contributed by atoms with Crippen molar-refractivity contribution >= 4 is 0 Å². The van der Waals surface area contributed by atoms with E-state index in [0.29, 0.717) is 13.2 Å². The van der Waals surface area contributed by atoms with Crippen LogP contribution in [0, 0.1) is 6.92 Å². The van der Waals surface area contributed by atoms with E-state index in [1.807, 2.05) is 0 Å². The van der Waals surface area contributed by atoms with Gasteiger partial charge in [-0.2, -0.15) is 0 Å². The standard InChI is InChI=1S/C11H14O2/c1-8-2-4-9(5-3-8)10-6-13-7-11(10)12/h2-5,10-12H,6-7H2,1H3/t10-,11+/m0/s1. The summed E-state index contributed by atoms with van der Waals surface area (Å²) in [5.41, 5.74) is 2.42. The molecule has 0 unspecified atom stereocenters. The molecule has 2 rings (SSSR count). The molecule has 1 N–H and O–H groups in total. The average molecular weight is 178 g/mol. The van der Waals surface area contributed by atoms with E-state index in [4.69, 9.17) is 4.74 Å². The van der Waals surface area contributed by atoms with E-state index in [0.717, 1.165) is 0 Å². The normalized spacial score (nSPS) is 27.8. The Balaban J connectivity index is 2.20. The van der Waals surface area contributed by atoms with Crippen LogP contribution in [-0.4, -0.2) is 24.4 Å². The van der Waals surface area contributed by atoms with Gasteiger partial charge in [-0.05, 0) is 12.5 Å². The molecule has 1 heterocycles. The highest BCUT2D eigenvalue weighted by Gasteiger charge is 2.27. The van der Waals surface area contributed by atoms with Crippen LogP contribution in [-0.2, 0) is 4.74 Å². The molecule has 1 aliphatic heterocycles. The summed E-state index contributed by atoms with van der Waals surface area (Å²) >= 11 is 0. The van der Waals surface area contributed by atoms with Crippen LogP contribution >= 0.6 is 0 Å². The molecule has 1 saturated heterocycles. The van der Waals surface area contributed by atoms with Gasteiger partial charge in [-0.1, -0.05) is 29.8 Å². The first-order valence-electron chi connectivity index (χ1n) is 4.60. The van der Waals surface area contributed by atoms with Crippen molar-refractivity contribution in [3.63, 3.8) is 0 Å². The van der Waals surface area contributed by atoms with Gasteiger partial charge in [0, 0.05) is 5.92 Å². The van der Waals surface area contributed by atoms with E-state index in [9.17, 15) is 5.11 Å². The van der Waals surface area contributed by atoms with Gasteiger partial charge < -0.3 is 9.84 Å². The SMILES string of the molecule is Cc1ccc([C@@H]2COC[C@H]2O)cc1. The molecule has 0 amide bonds. The fraction of sp³-hybridized carbons (Fsp3) is 0.455. The van der Waals surface area contributed by atoms with Crippen LogP contribution in [0.3, 0.4) is 0 Å². The van der Waals surface area contributed by atoms with E-state index in [1.165, 1.54) is 11.1 Å². The van der Waals surface area contributed by atoms with Gasteiger partial charge in [-0.25, -0.2) is 0 Å². The second-order valence-corrected chi connectivity index (χ2v) is 3.62. The van der Waals surface area contributed by atoms with Crippen molar-refractivity contribution in [2.75, 3.05) is 13.2 Å². The average Bonchev–Trinajstić information content (AvgIpc) is 2.53. The van der Waals surface area contributed by atoms with Crippen molar-refractivity contribution in [3.8, 4) is 0 Å². The fourth-order valence-corrected chi connectivity index (χ4v) is 1.68. The van der Waals surface area contributed by atoms with Gasteiger partial charge in [0.2, 0.25) is 0 Å². The third kappa shape index (κ3) is 1.74. The molecule has 1 aliphatic rings. The summed E-state index contributed by atoms with van der Waals surface area (Å²) < 4.78 is 5.20. The Hall–Kier alpha value is -0.860. The largest absolute Gasteiger partial charge is 0.390 e. The molecular weight excluding hydrogens is 164 g/mol. The smallest absolute Gasteiger partial charge is 0.0864 e. The number of aliphatic hydroxyl groups excluding tert-OH is 1. The molecule has 2 heteroatoms. The van der Waals surface area contributed by atoms with Crippen molar-refractivity contribution in [1.29, 1.82) is 0 Å². The minimum absolute atomic E-state index is 0.167. The summed E-state index contributed by atoms with van der Waals surface area (Å²) in [6, 6.07) is 8.27. The van der Waals surface area contributed by atoms with E-state index < -0.39 is 0 Å². The third-order valence-corrected chi connectivity index (χ3v) is 2.56. The molecular formula is C11H14O2. The van der Waals surface area contributed by atoms with Gasteiger partial charge in [-0.15, -0.1) is 0 Å². The maximum Gasteiger partial charge on any atom is 0.0864 e. The Morgan fingerprint density at radius 1 is 1.23 bits per heavy atom. The lowest BCUT2D eigenvalue weighted by molar-refractivity contribution is 0.124. The second-order valence-electron chi connectivity index (χ2n) is 3.62. The number of hydrogen-bond donors (Lipinski definition) is 1. The van der Waals surface area contributed by atoms with Crippen molar-refractivity contribution in [2.24, 2.45) is 0 Å². The van der Waals surface area contributed by atoms with Crippen molar-refractivity contribution < 1.29 is 9.84 Å². The van der Waals surface area contributed by atoms with E-state index >= 15 is 0 Å². The summed E-state index contributed by atoms with van der Waals surface area (Å²) in [5, 5.41) is 9.59. The fourth-order valence-electron chi connectivity index (χ4n) is 1.68. The Morgan fingerprint density at radius 3 is 2.46 bits per heavy atom. The minimum atomic E-state index is -0.331. The van der Waals surface area contributed by atoms with E-state index in [2.05, 4.69) is 31.2 Å². The maximum absolute atomic E-state index is 9.59. The molecule has 0 saturated carbocycles. The van der Waals surface area contributed by atoms with Crippen LogP contribution in [0.4, 0.5) is 0 Å². The number of benzene rings is 1. The highest BCUT2D eigenvalue weighted by Crippen LogP contribution is 2.25. The van der Waals surface area contributed by atoms with Gasteiger partial charge in [0.15, 0.2) is 0 Å². The number of hydrogen-bond acceptors (Lipinski definition) is 2. The van der Waals surface area contributed by atoms with Crippen LogP contribution in [0.1, 0.15) is 17.0 Å². The molecule has 0 radical (unpaired) electrons. The molecule has 0 aliphatic carbocycles. The quantitative estimate of drug-likeness (QED) is 0.705. The summed E-state index contributed by atoms with van der Waals surface area (Å²) in [7, 11) is 0. The number of rotatable bonds is 1. The van der Waals surface area contributed by atoms with Crippen molar-refractivity contribution in [1.82, 2.24) is 0 Å². The molecule has 70 valence electrons. The number of aryl methyl sites for hydroxylation is 1. The predicted octanol–water partition coefficient (Wildman–Crippen LogP) is 1.47. The molecule has 0 spiro atoms. The maximum atomic E-state index is 9.59. The van der Waals surface area contributed by atoms with E-state index in [1.54, 1.807) is 0 Å². The molecule has 1 aromatic rings. The molecule has 2 atom stereocenters. The highest BCUT2D eigenvalue weighted by atomic mass is 16.5. The molecule has 1 aromatic carbocycles. The summed E-state index contributed by atoms with van der Waals surface area (Å²) in [6.45, 7) is 3.17. The Kier molecular flexibility index (Phi) is 2.34. The third-order valence-electron chi connectivity index (χ3n) is 2.56. The first-order chi connectivity index (χ1) is 6.27. The lowest BCUT2D eigenvalue weighted by Crippen LogP contribution is -2.15. The Bertz CT molecular complexity index is 279. The van der Waals surface area contributed by atoms with Crippen LogP contribution in [0.15, 0.2) is 24.3 Å². The zero-order valence-electron chi connectivity index (χ0n) is 7.73. The Morgan fingerprint density at radius 2 is 1.92 bits per heavy atom. The lowest BCUT2D eigenvalue weighted by atomic mass is 9.96. The van der Waals surface area contributed by atoms with E-state index in [-0.39, 0.29) is 12.0 Å². The van der Waals surface area contributed by atoms with Crippen LogP contribution in [0.2, 0.25) is 0 Å². The zero-order chi connectivity index (χ0) is 9.26. The van der Waals surface area contributed by atoms with Gasteiger partial charge in [0.1, 0.15) is 0 Å². The van der Waals surface area contributed by atoms with Gasteiger partial charge in [0.05, 0.1) is 19.3 Å². The first kappa shape index (κ1) is 8.73.